The summed E-state index contributed by atoms with van der Waals surface area (Å²) in [6.07, 6.45) is 6.00. The molecule has 1 aliphatic heterocycles. The molecule has 2 aliphatic rings. The van der Waals surface area contributed by atoms with Crippen molar-refractivity contribution >= 4 is 34.6 Å². The molecule has 0 unspecified atom stereocenters. The quantitative estimate of drug-likeness (QED) is 0.682. The summed E-state index contributed by atoms with van der Waals surface area (Å²) >= 11 is 0. The number of hydrogen-bond acceptors (Lipinski definition) is 5. The molecule has 1 aromatic carbocycles. The number of halogens is 1. The Labute approximate surface area is 187 Å². The van der Waals surface area contributed by atoms with Crippen LogP contribution in [0.2, 0.25) is 0 Å². The van der Waals surface area contributed by atoms with Gasteiger partial charge in [-0.1, -0.05) is 6.08 Å². The molecule has 0 bridgehead atoms. The maximum atomic E-state index is 12.4. The van der Waals surface area contributed by atoms with E-state index < -0.39 is 0 Å². The first-order valence-corrected chi connectivity index (χ1v) is 10.4. The van der Waals surface area contributed by atoms with Crippen LogP contribution in [0.15, 0.2) is 47.4 Å². The maximum absolute atomic E-state index is 12.4. The zero-order valence-corrected chi connectivity index (χ0v) is 18.2. The lowest BCUT2D eigenvalue weighted by atomic mass is 10.1. The van der Waals surface area contributed by atoms with Crippen LogP contribution in [0.25, 0.3) is 16.5 Å². The molecule has 2 aromatic heterocycles. The van der Waals surface area contributed by atoms with E-state index in [2.05, 4.69) is 32.0 Å². The molecule has 1 atom stereocenters. The minimum absolute atomic E-state index is 0. The first-order valence-electron chi connectivity index (χ1n) is 10.4. The average Bonchev–Trinajstić information content (AvgIpc) is 3.42. The number of hydrogen-bond donors (Lipinski definition) is 1. The van der Waals surface area contributed by atoms with Crippen LogP contribution >= 0.6 is 12.4 Å². The Bertz CT molecular complexity index is 1210. The normalized spacial score (nSPS) is 19.2. The first kappa shape index (κ1) is 21.2. The van der Waals surface area contributed by atoms with Gasteiger partial charge in [-0.2, -0.15) is 10.4 Å². The Balaban J connectivity index is 0.00000231. The number of nitrogens with zero attached hydrogens (tertiary/aromatic N) is 5. The Kier molecular flexibility index (Phi) is 5.86. The molecule has 0 radical (unpaired) electrons. The molecule has 8 heteroatoms. The summed E-state index contributed by atoms with van der Waals surface area (Å²) in [5, 5.41) is 13.8. The molecule has 0 amide bonds. The second-order valence-corrected chi connectivity index (χ2v) is 8.06. The summed E-state index contributed by atoms with van der Waals surface area (Å²) in [5.74, 6) is 0. The van der Waals surface area contributed by atoms with Crippen LogP contribution in [0.3, 0.4) is 0 Å². The lowest BCUT2D eigenvalue weighted by Gasteiger charge is -2.38. The molecule has 31 heavy (non-hydrogen) atoms. The van der Waals surface area contributed by atoms with Gasteiger partial charge in [0.2, 0.25) is 0 Å². The Morgan fingerprint density at radius 3 is 2.61 bits per heavy atom. The third-order valence-electron chi connectivity index (χ3n) is 6.35. The lowest BCUT2D eigenvalue weighted by Crippen LogP contribution is -2.49. The van der Waals surface area contributed by atoms with E-state index in [9.17, 15) is 4.79 Å². The number of nitrogens with one attached hydrogen (secondary N) is 1. The monoisotopic (exact) mass is 436 g/mol. The van der Waals surface area contributed by atoms with Crippen LogP contribution in [0.4, 0.5) is 5.69 Å². The van der Waals surface area contributed by atoms with E-state index in [1.807, 2.05) is 37.4 Å². The predicted molar refractivity (Wildman–Crippen MR) is 125 cm³/mol. The van der Waals surface area contributed by atoms with E-state index in [1.165, 1.54) is 11.3 Å². The number of aromatic amines is 1. The highest BCUT2D eigenvalue weighted by Crippen LogP contribution is 2.31. The number of fused-ring (bicyclic) bond motifs is 1. The van der Waals surface area contributed by atoms with Gasteiger partial charge >= 0.3 is 0 Å². The Morgan fingerprint density at radius 1 is 1.16 bits per heavy atom. The molecule has 5 rings (SSSR count). The van der Waals surface area contributed by atoms with Crippen molar-refractivity contribution < 1.29 is 0 Å². The highest BCUT2D eigenvalue weighted by molar-refractivity contribution is 5.85. The standard InChI is InChI=1S/C23H24N6O.ClH/c1-27-22-13-21(26-23(30)20(22)15-25-27)17-4-7-19(12-17)29-10-8-28(9-11-29)18-5-2-16(14-24)3-6-18;/h2-3,5-6,12-13,15,19H,4,7-11H2,1H3,(H,26,30);1H/t19-;/m1./s1. The van der Waals surface area contributed by atoms with Gasteiger partial charge in [-0.05, 0) is 48.7 Å². The Hall–Kier alpha value is -3.08. The summed E-state index contributed by atoms with van der Waals surface area (Å²) in [5.41, 5.74) is 4.80. The zero-order valence-electron chi connectivity index (χ0n) is 17.4. The summed E-state index contributed by atoms with van der Waals surface area (Å²) in [7, 11) is 1.87. The van der Waals surface area contributed by atoms with Crippen molar-refractivity contribution in [1.82, 2.24) is 19.7 Å². The number of nitriles is 1. The number of allylic oxidation sites excluding steroid dienone is 1. The molecule has 1 saturated heterocycles. The zero-order chi connectivity index (χ0) is 20.7. The van der Waals surface area contributed by atoms with E-state index in [-0.39, 0.29) is 18.0 Å². The second kappa shape index (κ2) is 8.58. The molecule has 3 heterocycles. The molecular formula is C23H25ClN6O. The number of piperazine rings is 1. The smallest absolute Gasteiger partial charge is 0.259 e. The fourth-order valence-electron chi connectivity index (χ4n) is 4.60. The minimum atomic E-state index is -0.0732. The number of H-pyrrole nitrogens is 1. The van der Waals surface area contributed by atoms with Crippen molar-refractivity contribution in [2.24, 2.45) is 7.05 Å². The first-order chi connectivity index (χ1) is 14.6. The van der Waals surface area contributed by atoms with E-state index in [0.29, 0.717) is 17.0 Å². The fourth-order valence-corrected chi connectivity index (χ4v) is 4.60. The summed E-state index contributed by atoms with van der Waals surface area (Å²) in [4.78, 5) is 20.3. The van der Waals surface area contributed by atoms with Gasteiger partial charge in [0.25, 0.3) is 5.56 Å². The van der Waals surface area contributed by atoms with Gasteiger partial charge in [0.1, 0.15) is 0 Å². The van der Waals surface area contributed by atoms with Crippen molar-refractivity contribution in [3.05, 3.63) is 64.2 Å². The van der Waals surface area contributed by atoms with Gasteiger partial charge < -0.3 is 9.88 Å². The van der Waals surface area contributed by atoms with Gasteiger partial charge in [-0.3, -0.25) is 14.4 Å². The van der Waals surface area contributed by atoms with Crippen molar-refractivity contribution in [3.8, 4) is 6.07 Å². The maximum Gasteiger partial charge on any atom is 0.259 e. The molecule has 3 aromatic rings. The molecule has 0 spiro atoms. The molecular weight excluding hydrogens is 412 g/mol. The van der Waals surface area contributed by atoms with Crippen LogP contribution < -0.4 is 10.5 Å². The van der Waals surface area contributed by atoms with Crippen molar-refractivity contribution in [3.63, 3.8) is 0 Å². The average molecular weight is 437 g/mol. The van der Waals surface area contributed by atoms with Crippen molar-refractivity contribution in [2.45, 2.75) is 18.9 Å². The molecule has 1 aliphatic carbocycles. The predicted octanol–water partition coefficient (Wildman–Crippen LogP) is 2.92. The lowest BCUT2D eigenvalue weighted by molar-refractivity contribution is 0.214. The van der Waals surface area contributed by atoms with Crippen molar-refractivity contribution in [2.75, 3.05) is 31.1 Å². The number of pyridine rings is 1. The van der Waals surface area contributed by atoms with Crippen molar-refractivity contribution in [1.29, 1.82) is 5.26 Å². The van der Waals surface area contributed by atoms with Gasteiger partial charge in [0.05, 0.1) is 28.7 Å². The molecule has 1 N–H and O–H groups in total. The van der Waals surface area contributed by atoms with E-state index >= 15 is 0 Å². The molecule has 1 fully saturated rings. The van der Waals surface area contributed by atoms with Crippen LogP contribution in [0.1, 0.15) is 24.1 Å². The van der Waals surface area contributed by atoms with Gasteiger partial charge in [-0.15, -0.1) is 12.4 Å². The SMILES string of the molecule is Cl.Cn1ncc2c(=O)[nH]c(C3=C[C@H](N4CCN(c5ccc(C#N)cc5)CC4)CC3)cc21. The summed E-state index contributed by atoms with van der Waals surface area (Å²) in [6.45, 7) is 3.96. The van der Waals surface area contributed by atoms with Crippen LogP contribution in [0.5, 0.6) is 0 Å². The van der Waals surface area contributed by atoms with E-state index in [1.54, 1.807) is 10.9 Å². The van der Waals surface area contributed by atoms with Gasteiger partial charge in [-0.25, -0.2) is 0 Å². The summed E-state index contributed by atoms with van der Waals surface area (Å²) < 4.78 is 1.75. The van der Waals surface area contributed by atoms with Crippen LogP contribution in [0, 0.1) is 11.3 Å². The third-order valence-corrected chi connectivity index (χ3v) is 6.35. The number of rotatable bonds is 3. The van der Waals surface area contributed by atoms with E-state index in [0.717, 1.165) is 50.2 Å². The largest absolute Gasteiger partial charge is 0.369 e. The second-order valence-electron chi connectivity index (χ2n) is 8.06. The number of anilines is 1. The van der Waals surface area contributed by atoms with Gasteiger partial charge in [0, 0.05) is 50.6 Å². The topological polar surface area (TPSA) is 81.0 Å². The number of aryl methyl sites for hydroxylation is 1. The molecule has 7 nitrogen and oxygen atoms in total. The highest BCUT2D eigenvalue weighted by Gasteiger charge is 2.27. The molecule has 160 valence electrons. The number of aromatic nitrogens is 3. The Morgan fingerprint density at radius 2 is 1.90 bits per heavy atom. The highest BCUT2D eigenvalue weighted by atomic mass is 35.5. The molecule has 0 saturated carbocycles. The minimum Gasteiger partial charge on any atom is -0.369 e. The van der Waals surface area contributed by atoms with Gasteiger partial charge in [0.15, 0.2) is 0 Å². The third kappa shape index (κ3) is 3.97. The fraction of sp³-hybridized carbons (Fsp3) is 0.348. The van der Waals surface area contributed by atoms with Crippen LogP contribution in [-0.4, -0.2) is 51.9 Å². The summed E-state index contributed by atoms with van der Waals surface area (Å²) in [6, 6.07) is 12.5. The van der Waals surface area contributed by atoms with Crippen LogP contribution in [-0.2, 0) is 7.05 Å². The number of benzene rings is 1. The van der Waals surface area contributed by atoms with E-state index in [4.69, 9.17) is 5.26 Å².